The van der Waals surface area contributed by atoms with Gasteiger partial charge < -0.3 is 4.90 Å². The highest BCUT2D eigenvalue weighted by molar-refractivity contribution is 7.93. The van der Waals surface area contributed by atoms with Crippen molar-refractivity contribution in [1.82, 2.24) is 14.8 Å². The van der Waals surface area contributed by atoms with Gasteiger partial charge in [-0.1, -0.05) is 60.7 Å². The van der Waals surface area contributed by atoms with Gasteiger partial charge in [-0.3, -0.25) is 14.6 Å². The van der Waals surface area contributed by atoms with Gasteiger partial charge in [-0.25, -0.2) is 8.42 Å². The number of hydrogen-bond donors (Lipinski definition) is 1. The minimum Gasteiger partial charge on any atom is -0.369 e. The van der Waals surface area contributed by atoms with E-state index in [9.17, 15) is 8.42 Å². The van der Waals surface area contributed by atoms with E-state index in [4.69, 9.17) is 0 Å². The molecular weight excluding hydrogens is 480 g/mol. The normalized spacial score (nSPS) is 14.6. The van der Waals surface area contributed by atoms with Gasteiger partial charge >= 0.3 is 0 Å². The second kappa shape index (κ2) is 10.4. The molecule has 0 bridgehead atoms. The maximum Gasteiger partial charge on any atom is 0.264 e. The molecule has 1 aromatic heterocycles. The van der Waals surface area contributed by atoms with Crippen LogP contribution < -0.4 is 4.72 Å². The molecule has 0 atom stereocenters. The number of fused-ring (bicyclic) bond motifs is 1. The summed E-state index contributed by atoms with van der Waals surface area (Å²) < 4.78 is 28.9. The number of para-hydroxylation sites is 1. The lowest BCUT2D eigenvalue weighted by Gasteiger charge is -2.37. The van der Waals surface area contributed by atoms with Gasteiger partial charge in [0.05, 0.1) is 5.52 Å². The standard InChI is InChI=1S/C30H32N4O2S/c1-22-9-10-23(2)27(20-22)21-33-16-18-34(19-17-33)24(3)25-11-13-28(14-12-25)32-37(35,36)29-8-4-6-26-7-5-15-31-30(26)29/h4-15,20,32H,3,16-19,21H2,1-2H3. The molecule has 37 heavy (non-hydrogen) atoms. The monoisotopic (exact) mass is 512 g/mol. The largest absolute Gasteiger partial charge is 0.369 e. The highest BCUT2D eigenvalue weighted by Crippen LogP contribution is 2.26. The van der Waals surface area contributed by atoms with E-state index in [1.54, 1.807) is 36.5 Å². The fourth-order valence-corrected chi connectivity index (χ4v) is 6.04. The van der Waals surface area contributed by atoms with Gasteiger partial charge in [-0.15, -0.1) is 0 Å². The second-order valence-electron chi connectivity index (χ2n) is 9.65. The highest BCUT2D eigenvalue weighted by Gasteiger charge is 2.21. The molecule has 1 fully saturated rings. The summed E-state index contributed by atoms with van der Waals surface area (Å²) in [4.78, 5) is 9.24. The Morgan fingerprint density at radius 3 is 2.43 bits per heavy atom. The van der Waals surface area contributed by atoms with Crippen molar-refractivity contribution in [2.75, 3.05) is 30.9 Å². The number of nitrogens with zero attached hydrogens (tertiary/aromatic N) is 3. The van der Waals surface area contributed by atoms with E-state index in [2.05, 4.69) is 58.1 Å². The van der Waals surface area contributed by atoms with Gasteiger partial charge in [0.1, 0.15) is 4.90 Å². The Morgan fingerprint density at radius 1 is 0.946 bits per heavy atom. The minimum absolute atomic E-state index is 0.165. The maximum atomic E-state index is 13.1. The predicted molar refractivity (Wildman–Crippen MR) is 151 cm³/mol. The fourth-order valence-electron chi connectivity index (χ4n) is 4.80. The van der Waals surface area contributed by atoms with Crippen molar-refractivity contribution >= 4 is 32.3 Å². The first-order valence-electron chi connectivity index (χ1n) is 12.5. The van der Waals surface area contributed by atoms with Crippen molar-refractivity contribution in [3.8, 4) is 0 Å². The van der Waals surface area contributed by atoms with Crippen molar-refractivity contribution in [2.45, 2.75) is 25.3 Å². The van der Waals surface area contributed by atoms with Gasteiger partial charge in [-0.2, -0.15) is 0 Å². The zero-order chi connectivity index (χ0) is 26.0. The number of hydrogen-bond acceptors (Lipinski definition) is 5. The average molecular weight is 513 g/mol. The first-order chi connectivity index (χ1) is 17.8. The number of piperazine rings is 1. The van der Waals surface area contributed by atoms with Crippen molar-refractivity contribution in [1.29, 1.82) is 0 Å². The van der Waals surface area contributed by atoms with Crippen LogP contribution in [-0.2, 0) is 16.6 Å². The molecule has 2 heterocycles. The number of sulfonamides is 1. The van der Waals surface area contributed by atoms with Crippen LogP contribution in [0.25, 0.3) is 16.6 Å². The van der Waals surface area contributed by atoms with Gasteiger partial charge in [-0.05, 0) is 54.8 Å². The van der Waals surface area contributed by atoms with Crippen LogP contribution in [0, 0.1) is 13.8 Å². The van der Waals surface area contributed by atoms with E-state index in [1.165, 1.54) is 16.7 Å². The van der Waals surface area contributed by atoms with Crippen LogP contribution in [0.5, 0.6) is 0 Å². The Balaban J connectivity index is 1.21. The molecule has 0 spiro atoms. The van der Waals surface area contributed by atoms with Crippen molar-refractivity contribution in [3.63, 3.8) is 0 Å². The number of aromatic nitrogens is 1. The highest BCUT2D eigenvalue weighted by atomic mass is 32.2. The van der Waals surface area contributed by atoms with Gasteiger partial charge in [0.15, 0.2) is 0 Å². The summed E-state index contributed by atoms with van der Waals surface area (Å²) in [5.74, 6) is 0. The van der Waals surface area contributed by atoms with Crippen molar-refractivity contribution in [3.05, 3.63) is 108 Å². The van der Waals surface area contributed by atoms with Crippen molar-refractivity contribution < 1.29 is 8.42 Å². The number of benzene rings is 3. The second-order valence-corrected chi connectivity index (χ2v) is 11.3. The van der Waals surface area contributed by atoms with Crippen LogP contribution >= 0.6 is 0 Å². The molecule has 3 aromatic carbocycles. The van der Waals surface area contributed by atoms with Crippen LogP contribution in [0.15, 0.2) is 90.5 Å². The third kappa shape index (κ3) is 5.53. The first-order valence-corrected chi connectivity index (χ1v) is 14.0. The van der Waals surface area contributed by atoms with E-state index in [-0.39, 0.29) is 4.90 Å². The van der Waals surface area contributed by atoms with E-state index in [0.29, 0.717) is 11.2 Å². The smallest absolute Gasteiger partial charge is 0.264 e. The molecule has 0 unspecified atom stereocenters. The summed E-state index contributed by atoms with van der Waals surface area (Å²) in [5, 5.41) is 0.783. The minimum atomic E-state index is -3.78. The van der Waals surface area contributed by atoms with E-state index in [0.717, 1.165) is 49.4 Å². The molecule has 0 saturated carbocycles. The Labute approximate surface area is 219 Å². The lowest BCUT2D eigenvalue weighted by Crippen LogP contribution is -2.44. The molecule has 7 heteroatoms. The summed E-state index contributed by atoms with van der Waals surface area (Å²) in [6, 6.07) is 22.9. The number of rotatable bonds is 7. The molecule has 0 radical (unpaired) electrons. The molecule has 4 aromatic rings. The van der Waals surface area contributed by atoms with E-state index < -0.39 is 10.0 Å². The Hall–Kier alpha value is -3.68. The lowest BCUT2D eigenvalue weighted by atomic mass is 10.0. The zero-order valence-electron chi connectivity index (χ0n) is 21.3. The number of nitrogens with one attached hydrogen (secondary N) is 1. The molecular formula is C30H32N4O2S. The zero-order valence-corrected chi connectivity index (χ0v) is 22.1. The summed E-state index contributed by atoms with van der Waals surface area (Å²) >= 11 is 0. The maximum absolute atomic E-state index is 13.1. The Morgan fingerprint density at radius 2 is 1.68 bits per heavy atom. The molecule has 1 aliphatic heterocycles. The number of pyridine rings is 1. The van der Waals surface area contributed by atoms with Crippen LogP contribution in [0.3, 0.4) is 0 Å². The first kappa shape index (κ1) is 25.0. The third-order valence-electron chi connectivity index (χ3n) is 7.01. The number of aryl methyl sites for hydroxylation is 2. The molecule has 1 aliphatic rings. The Bertz CT molecular complexity index is 1530. The van der Waals surface area contributed by atoms with Crippen molar-refractivity contribution in [2.24, 2.45) is 0 Å². The summed E-state index contributed by atoms with van der Waals surface area (Å²) in [7, 11) is -3.78. The molecule has 1 N–H and O–H groups in total. The molecule has 0 aliphatic carbocycles. The molecule has 5 rings (SSSR count). The van der Waals surface area contributed by atoms with Crippen LogP contribution in [-0.4, -0.2) is 49.4 Å². The summed E-state index contributed by atoms with van der Waals surface area (Å²) in [6.45, 7) is 13.4. The van der Waals surface area contributed by atoms with E-state index >= 15 is 0 Å². The van der Waals surface area contributed by atoms with Crippen LogP contribution in [0.4, 0.5) is 5.69 Å². The van der Waals surface area contributed by atoms with Crippen LogP contribution in [0.2, 0.25) is 0 Å². The Kier molecular flexibility index (Phi) is 7.00. The number of anilines is 1. The lowest BCUT2D eigenvalue weighted by molar-refractivity contribution is 0.169. The van der Waals surface area contributed by atoms with Gasteiger partial charge in [0.2, 0.25) is 0 Å². The summed E-state index contributed by atoms with van der Waals surface area (Å²) in [5.41, 5.74) is 6.93. The topological polar surface area (TPSA) is 65.5 Å². The third-order valence-corrected chi connectivity index (χ3v) is 8.42. The molecule has 0 amide bonds. The quantitative estimate of drug-likeness (QED) is 0.357. The molecule has 190 valence electrons. The van der Waals surface area contributed by atoms with Gasteiger partial charge in [0.25, 0.3) is 10.0 Å². The summed E-state index contributed by atoms with van der Waals surface area (Å²) in [6.07, 6.45) is 1.60. The average Bonchev–Trinajstić information content (AvgIpc) is 2.91. The molecule has 6 nitrogen and oxygen atoms in total. The fraction of sp³-hybridized carbons (Fsp3) is 0.233. The van der Waals surface area contributed by atoms with Gasteiger partial charge in [0, 0.05) is 55.7 Å². The predicted octanol–water partition coefficient (Wildman–Crippen LogP) is 5.44. The van der Waals surface area contributed by atoms with Crippen LogP contribution in [0.1, 0.15) is 22.3 Å². The SMILES string of the molecule is C=C(c1ccc(NS(=O)(=O)c2cccc3cccnc23)cc1)N1CCN(Cc2cc(C)ccc2C)CC1. The molecule has 1 saturated heterocycles. The van der Waals surface area contributed by atoms with E-state index in [1.807, 2.05) is 24.3 Å².